The quantitative estimate of drug-likeness (QED) is 0.484. The van der Waals surface area contributed by atoms with Gasteiger partial charge < -0.3 is 10.2 Å². The van der Waals surface area contributed by atoms with Crippen LogP contribution in [0.2, 0.25) is 0 Å². The number of azide groups is 1. The van der Waals surface area contributed by atoms with E-state index >= 15 is 0 Å². The molecule has 1 aromatic heterocycles. The van der Waals surface area contributed by atoms with Crippen molar-refractivity contribution in [2.75, 3.05) is 6.54 Å². The van der Waals surface area contributed by atoms with Crippen LogP contribution in [0.25, 0.3) is 20.9 Å². The van der Waals surface area contributed by atoms with E-state index in [2.05, 4.69) is 10.0 Å². The normalized spacial score (nSPS) is 13.5. The Labute approximate surface area is 120 Å². The minimum atomic E-state index is -0.952. The summed E-state index contributed by atoms with van der Waals surface area (Å²) in [7, 11) is 0. The van der Waals surface area contributed by atoms with Crippen LogP contribution in [0.1, 0.15) is 17.4 Å². The van der Waals surface area contributed by atoms with Crippen molar-refractivity contribution in [1.29, 1.82) is 0 Å². The lowest BCUT2D eigenvalue weighted by Crippen LogP contribution is -2.18. The van der Waals surface area contributed by atoms with E-state index in [-0.39, 0.29) is 13.0 Å². The number of nitrogens with zero attached hydrogens (tertiary/aromatic N) is 3. The fourth-order valence-corrected chi connectivity index (χ4v) is 2.91. The van der Waals surface area contributed by atoms with Gasteiger partial charge in [0, 0.05) is 21.2 Å². The summed E-state index contributed by atoms with van der Waals surface area (Å²) in [6.07, 6.45) is -1.64. The third kappa shape index (κ3) is 3.59. The van der Waals surface area contributed by atoms with Crippen molar-refractivity contribution in [1.82, 2.24) is 0 Å². The SMILES string of the molecule is [N-]=[N+]=NCCC(O)C(O)c1ccc(-c2ccccc2)s1. The van der Waals surface area contributed by atoms with Gasteiger partial charge >= 0.3 is 0 Å². The zero-order valence-electron chi connectivity index (χ0n) is 10.8. The fraction of sp³-hybridized carbons (Fsp3) is 0.286. The minimum absolute atomic E-state index is 0.172. The maximum atomic E-state index is 10.1. The molecule has 2 unspecified atom stereocenters. The van der Waals surface area contributed by atoms with Crippen LogP contribution >= 0.6 is 11.3 Å². The van der Waals surface area contributed by atoms with Crippen molar-refractivity contribution in [2.24, 2.45) is 5.11 Å². The Morgan fingerprint density at radius 3 is 2.60 bits per heavy atom. The van der Waals surface area contributed by atoms with E-state index in [9.17, 15) is 10.2 Å². The van der Waals surface area contributed by atoms with Crippen molar-refractivity contribution in [3.05, 3.63) is 57.8 Å². The molecule has 0 spiro atoms. The summed E-state index contributed by atoms with van der Waals surface area (Å²) in [5, 5.41) is 23.3. The van der Waals surface area contributed by atoms with E-state index in [0.717, 1.165) is 10.4 Å². The molecule has 104 valence electrons. The number of hydrogen-bond acceptors (Lipinski definition) is 4. The van der Waals surface area contributed by atoms with Crippen LogP contribution in [-0.4, -0.2) is 22.9 Å². The molecule has 1 heterocycles. The first-order chi connectivity index (χ1) is 9.72. The Kier molecular flexibility index (Phi) is 5.15. The molecule has 5 nitrogen and oxygen atoms in total. The zero-order chi connectivity index (χ0) is 14.4. The van der Waals surface area contributed by atoms with Gasteiger partial charge in [-0.2, -0.15) is 0 Å². The van der Waals surface area contributed by atoms with Crippen molar-refractivity contribution in [3.63, 3.8) is 0 Å². The number of rotatable bonds is 6. The van der Waals surface area contributed by atoms with Crippen LogP contribution in [0.3, 0.4) is 0 Å². The summed E-state index contributed by atoms with van der Waals surface area (Å²) in [6.45, 7) is 0.172. The lowest BCUT2D eigenvalue weighted by atomic mass is 10.1. The lowest BCUT2D eigenvalue weighted by Gasteiger charge is -2.15. The van der Waals surface area contributed by atoms with Gasteiger partial charge in [-0.25, -0.2) is 0 Å². The average molecular weight is 289 g/mol. The van der Waals surface area contributed by atoms with E-state index in [1.54, 1.807) is 0 Å². The standard InChI is InChI=1S/C14H15N3O2S/c15-17-16-9-8-11(18)14(19)13-7-6-12(20-13)10-4-2-1-3-5-10/h1-7,11,14,18-19H,8-9H2. The van der Waals surface area contributed by atoms with Gasteiger partial charge in [-0.15, -0.1) is 11.3 Å². The second-order valence-electron chi connectivity index (χ2n) is 4.32. The summed E-state index contributed by atoms with van der Waals surface area (Å²) >= 11 is 1.45. The minimum Gasteiger partial charge on any atom is -0.390 e. The highest BCUT2D eigenvalue weighted by Crippen LogP contribution is 2.32. The first-order valence-corrected chi connectivity index (χ1v) is 7.06. The highest BCUT2D eigenvalue weighted by atomic mass is 32.1. The van der Waals surface area contributed by atoms with Gasteiger partial charge in [0.2, 0.25) is 0 Å². The predicted molar refractivity (Wildman–Crippen MR) is 79.4 cm³/mol. The Bertz CT molecular complexity index is 593. The Morgan fingerprint density at radius 1 is 1.15 bits per heavy atom. The molecule has 2 rings (SSSR count). The molecule has 0 saturated carbocycles. The third-order valence-corrected chi connectivity index (χ3v) is 4.13. The summed E-state index contributed by atoms with van der Waals surface area (Å²) < 4.78 is 0. The molecule has 0 saturated heterocycles. The van der Waals surface area contributed by atoms with Crippen molar-refractivity contribution >= 4 is 11.3 Å². The van der Waals surface area contributed by atoms with Gasteiger partial charge in [-0.1, -0.05) is 35.4 Å². The average Bonchev–Trinajstić information content (AvgIpc) is 2.97. The van der Waals surface area contributed by atoms with Crippen LogP contribution in [-0.2, 0) is 0 Å². The molecule has 2 N–H and O–H groups in total. The molecule has 0 aliphatic heterocycles. The first-order valence-electron chi connectivity index (χ1n) is 6.24. The molecule has 20 heavy (non-hydrogen) atoms. The number of thiophene rings is 1. The zero-order valence-corrected chi connectivity index (χ0v) is 11.6. The van der Waals surface area contributed by atoms with Crippen LogP contribution in [0.4, 0.5) is 0 Å². The predicted octanol–water partition coefficient (Wildman–Crippen LogP) is 3.51. The van der Waals surface area contributed by atoms with Gasteiger partial charge in [-0.05, 0) is 29.6 Å². The molecule has 0 amide bonds. The molecule has 1 aromatic carbocycles. The smallest absolute Gasteiger partial charge is 0.114 e. The maximum absolute atomic E-state index is 10.1. The van der Waals surface area contributed by atoms with Gasteiger partial charge in [-0.3, -0.25) is 0 Å². The summed E-state index contributed by atoms with van der Waals surface area (Å²) in [6, 6.07) is 13.6. The highest BCUT2D eigenvalue weighted by Gasteiger charge is 2.19. The van der Waals surface area contributed by atoms with Crippen LogP contribution in [0, 0.1) is 0 Å². The van der Waals surface area contributed by atoms with Crippen LogP contribution < -0.4 is 0 Å². The molecule has 6 heteroatoms. The number of benzene rings is 1. The van der Waals surface area contributed by atoms with Crippen molar-refractivity contribution in [2.45, 2.75) is 18.6 Å². The van der Waals surface area contributed by atoms with Gasteiger partial charge in [0.15, 0.2) is 0 Å². The topological polar surface area (TPSA) is 89.2 Å². The highest BCUT2D eigenvalue weighted by molar-refractivity contribution is 7.15. The van der Waals surface area contributed by atoms with E-state index in [4.69, 9.17) is 5.53 Å². The van der Waals surface area contributed by atoms with E-state index < -0.39 is 12.2 Å². The maximum Gasteiger partial charge on any atom is 0.114 e. The van der Waals surface area contributed by atoms with Gasteiger partial charge in [0.05, 0.1) is 6.10 Å². The van der Waals surface area contributed by atoms with E-state index in [0.29, 0.717) is 4.88 Å². The van der Waals surface area contributed by atoms with Crippen LogP contribution in [0.5, 0.6) is 0 Å². The van der Waals surface area contributed by atoms with E-state index in [1.807, 2.05) is 42.5 Å². The second-order valence-corrected chi connectivity index (χ2v) is 5.44. The Hall–Kier alpha value is -1.85. The molecule has 0 aliphatic rings. The fourth-order valence-electron chi connectivity index (χ4n) is 1.85. The number of aliphatic hydroxyl groups is 2. The molecule has 0 aliphatic carbocycles. The molecule has 0 fully saturated rings. The lowest BCUT2D eigenvalue weighted by molar-refractivity contribution is 0.0172. The number of aliphatic hydroxyl groups excluding tert-OH is 2. The molecule has 2 atom stereocenters. The Balaban J connectivity index is 2.06. The first kappa shape index (κ1) is 14.6. The molecular formula is C14H15N3O2S. The number of hydrogen-bond donors (Lipinski definition) is 2. The molecular weight excluding hydrogens is 274 g/mol. The third-order valence-electron chi connectivity index (χ3n) is 2.93. The second kappa shape index (κ2) is 7.07. The largest absolute Gasteiger partial charge is 0.390 e. The summed E-state index contributed by atoms with van der Waals surface area (Å²) in [4.78, 5) is 4.37. The summed E-state index contributed by atoms with van der Waals surface area (Å²) in [5.41, 5.74) is 9.26. The molecule has 0 radical (unpaired) electrons. The Morgan fingerprint density at radius 2 is 1.90 bits per heavy atom. The molecule has 0 bridgehead atoms. The summed E-state index contributed by atoms with van der Waals surface area (Å²) in [5.74, 6) is 0. The van der Waals surface area contributed by atoms with Gasteiger partial charge in [0.25, 0.3) is 0 Å². The monoisotopic (exact) mass is 289 g/mol. The van der Waals surface area contributed by atoms with E-state index in [1.165, 1.54) is 11.3 Å². The van der Waals surface area contributed by atoms with Crippen molar-refractivity contribution < 1.29 is 10.2 Å². The van der Waals surface area contributed by atoms with Crippen LogP contribution in [0.15, 0.2) is 47.6 Å². The molecule has 2 aromatic rings. The van der Waals surface area contributed by atoms with Gasteiger partial charge in [0.1, 0.15) is 6.10 Å². The van der Waals surface area contributed by atoms with Crippen molar-refractivity contribution in [3.8, 4) is 10.4 Å².